The average Bonchev–Trinajstić information content (AvgIpc) is 2.16. The van der Waals surface area contributed by atoms with Crippen molar-refractivity contribution in [2.75, 3.05) is 0 Å². The van der Waals surface area contributed by atoms with Gasteiger partial charge in [0.2, 0.25) is 0 Å². The number of allylic oxidation sites excluding steroid dienone is 5. The van der Waals surface area contributed by atoms with Crippen molar-refractivity contribution in [1.29, 1.82) is 0 Å². The van der Waals surface area contributed by atoms with Gasteiger partial charge in [0.15, 0.2) is 0 Å². The minimum Gasteiger partial charge on any atom is -0.115 e. The van der Waals surface area contributed by atoms with Crippen LogP contribution >= 0.6 is 0 Å². The molecule has 0 rings (SSSR count). The molecule has 0 aliphatic carbocycles. The molecule has 0 bridgehead atoms. The first-order chi connectivity index (χ1) is 5.85. The molecule has 0 spiro atoms. The fourth-order valence-electron chi connectivity index (χ4n) is 0.518. The van der Waals surface area contributed by atoms with E-state index in [-0.39, 0.29) is 0 Å². The Kier molecular flexibility index (Phi) is 13.9. The molecule has 0 atom stereocenters. The summed E-state index contributed by atoms with van der Waals surface area (Å²) in [6.07, 6.45) is 13.5. The Morgan fingerprint density at radius 2 is 2.00 bits per heavy atom. The molecule has 0 fully saturated rings. The minimum atomic E-state index is 0.915. The molecule has 0 unspecified atom stereocenters. The summed E-state index contributed by atoms with van der Waals surface area (Å²) in [7, 11) is 0. The predicted octanol–water partition coefficient (Wildman–Crippen LogP) is 3.72. The van der Waals surface area contributed by atoms with Crippen molar-refractivity contribution >= 4 is 0 Å². The molecule has 0 nitrogen and oxygen atoms in total. The van der Waals surface area contributed by atoms with Crippen LogP contribution < -0.4 is 0 Å². The maximum absolute atomic E-state index is 5.19. The zero-order chi connectivity index (χ0) is 9.82. The molecular formula is C12H18. The van der Waals surface area contributed by atoms with Gasteiger partial charge in [0.1, 0.15) is 0 Å². The van der Waals surface area contributed by atoms with E-state index in [0.717, 1.165) is 12.0 Å². The van der Waals surface area contributed by atoms with E-state index in [1.165, 1.54) is 0 Å². The van der Waals surface area contributed by atoms with Gasteiger partial charge in [-0.2, -0.15) is 0 Å². The van der Waals surface area contributed by atoms with Crippen molar-refractivity contribution in [3.8, 4) is 12.3 Å². The Balaban J connectivity index is 0. The van der Waals surface area contributed by atoms with E-state index in [1.807, 2.05) is 39.0 Å². The van der Waals surface area contributed by atoms with Crippen LogP contribution in [0.25, 0.3) is 0 Å². The van der Waals surface area contributed by atoms with Crippen LogP contribution in [0, 0.1) is 12.3 Å². The fraction of sp³-hybridized carbons (Fsp3) is 0.333. The largest absolute Gasteiger partial charge is 0.115 e. The fourth-order valence-corrected chi connectivity index (χ4v) is 0.518. The van der Waals surface area contributed by atoms with Crippen molar-refractivity contribution in [3.63, 3.8) is 0 Å². The van der Waals surface area contributed by atoms with Crippen molar-refractivity contribution < 1.29 is 0 Å². The second-order valence-corrected chi connectivity index (χ2v) is 1.81. The quantitative estimate of drug-likeness (QED) is 0.438. The van der Waals surface area contributed by atoms with Crippen molar-refractivity contribution in [2.24, 2.45) is 0 Å². The van der Waals surface area contributed by atoms with E-state index >= 15 is 0 Å². The highest BCUT2D eigenvalue weighted by Gasteiger charge is 1.80. The Labute approximate surface area is 76.7 Å². The first kappa shape index (κ1) is 13.4. The maximum Gasteiger partial charge on any atom is 0.00148 e. The molecule has 0 aromatic rings. The van der Waals surface area contributed by atoms with Gasteiger partial charge in [0.05, 0.1) is 0 Å². The van der Waals surface area contributed by atoms with E-state index in [9.17, 15) is 0 Å². The molecule has 0 saturated carbocycles. The van der Waals surface area contributed by atoms with E-state index in [1.54, 1.807) is 6.08 Å². The van der Waals surface area contributed by atoms with Gasteiger partial charge in [-0.3, -0.25) is 0 Å². The van der Waals surface area contributed by atoms with Crippen molar-refractivity contribution in [2.45, 2.75) is 27.2 Å². The molecule has 0 aromatic heterocycles. The lowest BCUT2D eigenvalue weighted by Gasteiger charge is -1.86. The van der Waals surface area contributed by atoms with Crippen LogP contribution in [0.3, 0.4) is 0 Å². The first-order valence-electron chi connectivity index (χ1n) is 4.30. The van der Waals surface area contributed by atoms with Crippen LogP contribution in [0.4, 0.5) is 0 Å². The molecule has 0 heteroatoms. The Bertz CT molecular complexity index is 187. The van der Waals surface area contributed by atoms with Crippen LogP contribution in [-0.4, -0.2) is 0 Å². The lowest BCUT2D eigenvalue weighted by atomic mass is 10.2. The third-order valence-electron chi connectivity index (χ3n) is 1.11. The van der Waals surface area contributed by atoms with Gasteiger partial charge in [0, 0.05) is 5.57 Å². The topological polar surface area (TPSA) is 0 Å². The number of terminal acetylenes is 1. The number of rotatable bonds is 3. The molecule has 0 amide bonds. The average molecular weight is 162 g/mol. The summed E-state index contributed by atoms with van der Waals surface area (Å²) < 4.78 is 0. The zero-order valence-corrected chi connectivity index (χ0v) is 8.30. The van der Waals surface area contributed by atoms with Crippen molar-refractivity contribution in [3.05, 3.63) is 36.5 Å². The third-order valence-corrected chi connectivity index (χ3v) is 1.11. The summed E-state index contributed by atoms with van der Waals surface area (Å²) in [5, 5.41) is 0. The normalized spacial score (nSPS) is 10.0. The van der Waals surface area contributed by atoms with Crippen LogP contribution in [0.1, 0.15) is 27.2 Å². The minimum absolute atomic E-state index is 0.915. The van der Waals surface area contributed by atoms with Gasteiger partial charge >= 0.3 is 0 Å². The third kappa shape index (κ3) is 8.78. The van der Waals surface area contributed by atoms with Gasteiger partial charge in [0.25, 0.3) is 0 Å². The summed E-state index contributed by atoms with van der Waals surface area (Å²) in [5.41, 5.74) is 1.01. The highest BCUT2D eigenvalue weighted by Crippen LogP contribution is 1.97. The number of hydrogen-bond acceptors (Lipinski definition) is 0. The molecule has 0 radical (unpaired) electrons. The molecule has 0 saturated heterocycles. The molecule has 0 aliphatic rings. The zero-order valence-electron chi connectivity index (χ0n) is 8.30. The van der Waals surface area contributed by atoms with Gasteiger partial charge in [-0.05, 0) is 6.42 Å². The van der Waals surface area contributed by atoms with E-state index in [0.29, 0.717) is 0 Å². The monoisotopic (exact) mass is 162 g/mol. The van der Waals surface area contributed by atoms with Gasteiger partial charge in [-0.15, -0.1) is 6.42 Å². The smallest absolute Gasteiger partial charge is 0.00148 e. The van der Waals surface area contributed by atoms with E-state index < -0.39 is 0 Å². The highest BCUT2D eigenvalue weighted by molar-refractivity contribution is 5.29. The summed E-state index contributed by atoms with van der Waals surface area (Å²) in [6, 6.07) is 0. The van der Waals surface area contributed by atoms with Crippen LogP contribution in [-0.2, 0) is 0 Å². The summed E-state index contributed by atoms with van der Waals surface area (Å²) in [5.74, 6) is 2.59. The Hall–Kier alpha value is -1.22. The van der Waals surface area contributed by atoms with Crippen molar-refractivity contribution in [1.82, 2.24) is 0 Å². The van der Waals surface area contributed by atoms with Gasteiger partial charge in [-0.25, -0.2) is 0 Å². The molecule has 0 aromatic carbocycles. The molecule has 0 aliphatic heterocycles. The summed E-state index contributed by atoms with van der Waals surface area (Å²) >= 11 is 0. The first-order valence-corrected chi connectivity index (χ1v) is 4.30. The lowest BCUT2D eigenvalue weighted by molar-refractivity contribution is 1.17. The van der Waals surface area contributed by atoms with Crippen LogP contribution in [0.15, 0.2) is 36.5 Å². The standard InChI is InChI=1S/C10H12.C2H6/c1-4-7-8-9-10(5-2)6-3;1-2/h2,4,7-9H,1,6H2,3H3;1-2H3/b8-7-,10-9-;. The van der Waals surface area contributed by atoms with Crippen LogP contribution in [0.5, 0.6) is 0 Å². The van der Waals surface area contributed by atoms with Crippen LogP contribution in [0.2, 0.25) is 0 Å². The highest BCUT2D eigenvalue weighted by atomic mass is 13.8. The Morgan fingerprint density at radius 1 is 1.42 bits per heavy atom. The second kappa shape index (κ2) is 12.5. The van der Waals surface area contributed by atoms with Gasteiger partial charge < -0.3 is 0 Å². The van der Waals surface area contributed by atoms with E-state index in [2.05, 4.69) is 12.5 Å². The maximum atomic E-state index is 5.19. The second-order valence-electron chi connectivity index (χ2n) is 1.81. The summed E-state index contributed by atoms with van der Waals surface area (Å²) in [4.78, 5) is 0. The molecular weight excluding hydrogens is 144 g/mol. The lowest BCUT2D eigenvalue weighted by Crippen LogP contribution is -1.70. The van der Waals surface area contributed by atoms with E-state index in [4.69, 9.17) is 6.42 Å². The Morgan fingerprint density at radius 3 is 2.33 bits per heavy atom. The molecule has 12 heavy (non-hydrogen) atoms. The predicted molar refractivity (Wildman–Crippen MR) is 57.9 cm³/mol. The molecule has 0 heterocycles. The molecule has 66 valence electrons. The van der Waals surface area contributed by atoms with Gasteiger partial charge in [-0.1, -0.05) is 57.6 Å². The SMILES string of the molecule is C#C/C(=C/C=C\C=C)CC.CC. The molecule has 0 N–H and O–H groups in total. The number of hydrogen-bond donors (Lipinski definition) is 0. The summed E-state index contributed by atoms with van der Waals surface area (Å²) in [6.45, 7) is 9.58.